The molecular weight excluding hydrogens is 342 g/mol. The Bertz CT molecular complexity index is 755. The number of H-pyrrole nitrogens is 1. The predicted octanol–water partition coefficient (Wildman–Crippen LogP) is -2.05. The highest BCUT2D eigenvalue weighted by Gasteiger charge is 2.63. The van der Waals surface area contributed by atoms with Gasteiger partial charge in [0.05, 0.1) is 0 Å². The number of rotatable bonds is 4. The molecule has 0 aromatic carbocycles. The average Bonchev–Trinajstić information content (AvgIpc) is 2.58. The number of aliphatic hydroxyl groups excluding tert-OH is 1. The van der Waals surface area contributed by atoms with Crippen molar-refractivity contribution in [2.45, 2.75) is 30.7 Å². The first-order valence-corrected chi connectivity index (χ1v) is 7.68. The summed E-state index contributed by atoms with van der Waals surface area (Å²) in [4.78, 5) is 41.8. The van der Waals surface area contributed by atoms with E-state index >= 15 is 0 Å². The van der Waals surface area contributed by atoms with Crippen LogP contribution in [-0.2, 0) is 13.8 Å². The van der Waals surface area contributed by atoms with Crippen molar-refractivity contribution in [3.63, 3.8) is 0 Å². The lowest BCUT2D eigenvalue weighted by Crippen LogP contribution is -2.50. The molecule has 1 aliphatic rings. The normalized spacial score (nSPS) is 34.7. The molecule has 0 amide bonds. The van der Waals surface area contributed by atoms with Crippen LogP contribution < -0.4 is 11.2 Å². The van der Waals surface area contributed by atoms with Gasteiger partial charge in [-0.15, -0.1) is 0 Å². The molecule has 1 saturated heterocycles. The Balaban J connectivity index is 2.38. The van der Waals surface area contributed by atoms with Crippen molar-refractivity contribution in [1.29, 1.82) is 0 Å². The van der Waals surface area contributed by atoms with Crippen LogP contribution in [-0.4, -0.2) is 53.7 Å². The number of halogens is 1. The first-order chi connectivity index (χ1) is 10.4. The SMILES string of the molecule is C[C@]1(O)C(n2ccc(=O)[nH]c2=O)O[C@](F)(COP(=O)(O)O)[C@H]1O. The zero-order valence-electron chi connectivity index (χ0n) is 11.6. The van der Waals surface area contributed by atoms with Crippen molar-refractivity contribution < 1.29 is 38.2 Å². The largest absolute Gasteiger partial charge is 0.469 e. The van der Waals surface area contributed by atoms with Gasteiger partial charge >= 0.3 is 13.5 Å². The summed E-state index contributed by atoms with van der Waals surface area (Å²) in [5.41, 5.74) is -4.16. The fourth-order valence-corrected chi connectivity index (χ4v) is 2.52. The van der Waals surface area contributed by atoms with E-state index < -0.39 is 49.5 Å². The van der Waals surface area contributed by atoms with E-state index in [-0.39, 0.29) is 0 Å². The van der Waals surface area contributed by atoms with Crippen LogP contribution >= 0.6 is 7.82 Å². The molecule has 0 aliphatic carbocycles. The predicted molar refractivity (Wildman–Crippen MR) is 69.9 cm³/mol. The summed E-state index contributed by atoms with van der Waals surface area (Å²) >= 11 is 0. The number of nitrogens with zero attached hydrogens (tertiary/aromatic N) is 1. The zero-order chi connectivity index (χ0) is 17.6. The molecule has 1 aliphatic heterocycles. The van der Waals surface area contributed by atoms with Crippen LogP contribution in [0.5, 0.6) is 0 Å². The lowest BCUT2D eigenvalue weighted by Gasteiger charge is -2.27. The standard InChI is InChI=1S/C10H14FN2O9P/c1-9(17)6(15)10(11,4-21-23(18,19)20)22-7(9)13-3-2-5(14)12-8(13)16/h2-3,6-7,15,17H,4H2,1H3,(H,12,14,16)(H2,18,19,20)/t6-,7?,9+,10+/m0/s1. The maximum absolute atomic E-state index is 14.6. The number of phosphoric acid groups is 1. The second kappa shape index (κ2) is 5.60. The van der Waals surface area contributed by atoms with Gasteiger partial charge in [0, 0.05) is 12.3 Å². The van der Waals surface area contributed by atoms with Crippen LogP contribution in [0.2, 0.25) is 0 Å². The van der Waals surface area contributed by atoms with Gasteiger partial charge in [-0.1, -0.05) is 0 Å². The van der Waals surface area contributed by atoms with Crippen LogP contribution in [0.25, 0.3) is 0 Å². The average molecular weight is 356 g/mol. The number of alkyl halides is 1. The second-order valence-electron chi connectivity index (χ2n) is 5.17. The molecule has 23 heavy (non-hydrogen) atoms. The van der Waals surface area contributed by atoms with E-state index in [0.717, 1.165) is 19.2 Å². The third kappa shape index (κ3) is 3.43. The van der Waals surface area contributed by atoms with Gasteiger partial charge in [0.2, 0.25) is 0 Å². The number of phosphoric ester groups is 1. The second-order valence-corrected chi connectivity index (χ2v) is 6.41. The minimum Gasteiger partial charge on any atom is -0.384 e. The van der Waals surface area contributed by atoms with Crippen molar-refractivity contribution in [2.75, 3.05) is 6.61 Å². The Labute approximate surface area is 127 Å². The smallest absolute Gasteiger partial charge is 0.384 e. The fourth-order valence-electron chi connectivity index (χ4n) is 2.18. The van der Waals surface area contributed by atoms with E-state index in [2.05, 4.69) is 4.52 Å². The Morgan fingerprint density at radius 2 is 2.13 bits per heavy atom. The minimum atomic E-state index is -5.07. The number of ether oxygens (including phenoxy) is 1. The van der Waals surface area contributed by atoms with Crippen molar-refractivity contribution in [3.8, 4) is 0 Å². The minimum absolute atomic E-state index is 0.615. The number of hydrogen-bond acceptors (Lipinski definition) is 7. The molecule has 0 saturated carbocycles. The summed E-state index contributed by atoms with van der Waals surface area (Å²) < 4.78 is 34.6. The quantitative estimate of drug-likeness (QED) is 0.381. The van der Waals surface area contributed by atoms with Gasteiger partial charge in [-0.05, 0) is 6.92 Å². The van der Waals surface area contributed by atoms with Gasteiger partial charge in [0.25, 0.3) is 11.4 Å². The van der Waals surface area contributed by atoms with Crippen molar-refractivity contribution >= 4 is 7.82 Å². The number of nitrogens with one attached hydrogen (secondary N) is 1. The molecule has 130 valence electrons. The molecule has 2 rings (SSSR count). The number of aromatic nitrogens is 2. The van der Waals surface area contributed by atoms with Gasteiger partial charge in [0.1, 0.15) is 18.3 Å². The Kier molecular flexibility index (Phi) is 4.37. The summed E-state index contributed by atoms with van der Waals surface area (Å²) in [7, 11) is -5.07. The maximum Gasteiger partial charge on any atom is 0.469 e. The molecule has 1 aromatic rings. The Hall–Kier alpha value is -1.40. The number of aromatic amines is 1. The van der Waals surface area contributed by atoms with E-state index in [1.54, 1.807) is 0 Å². The van der Waals surface area contributed by atoms with Crippen molar-refractivity contribution in [1.82, 2.24) is 9.55 Å². The Morgan fingerprint density at radius 1 is 1.52 bits per heavy atom. The third-order valence-electron chi connectivity index (χ3n) is 3.30. The molecule has 0 spiro atoms. The van der Waals surface area contributed by atoms with Gasteiger partial charge in [-0.25, -0.2) is 13.8 Å². The molecule has 0 bridgehead atoms. The molecule has 1 unspecified atom stereocenters. The van der Waals surface area contributed by atoms with E-state index in [0.29, 0.717) is 4.57 Å². The van der Waals surface area contributed by atoms with E-state index in [1.807, 2.05) is 4.98 Å². The lowest BCUT2D eigenvalue weighted by molar-refractivity contribution is -0.205. The van der Waals surface area contributed by atoms with Crippen LogP contribution in [0.15, 0.2) is 21.9 Å². The molecule has 0 radical (unpaired) electrons. The summed E-state index contributed by atoms with van der Waals surface area (Å²) in [5, 5.41) is 20.1. The molecule has 5 N–H and O–H groups in total. The molecule has 1 aromatic heterocycles. The van der Waals surface area contributed by atoms with Crippen LogP contribution in [0, 0.1) is 0 Å². The van der Waals surface area contributed by atoms with E-state index in [9.17, 15) is 28.8 Å². The van der Waals surface area contributed by atoms with Crippen LogP contribution in [0.3, 0.4) is 0 Å². The lowest BCUT2D eigenvalue weighted by atomic mass is 9.95. The summed E-state index contributed by atoms with van der Waals surface area (Å²) in [5.74, 6) is -3.20. The molecule has 2 heterocycles. The van der Waals surface area contributed by atoms with Gasteiger partial charge in [-0.2, -0.15) is 0 Å². The van der Waals surface area contributed by atoms with Crippen LogP contribution in [0.4, 0.5) is 4.39 Å². The van der Waals surface area contributed by atoms with Gasteiger partial charge < -0.3 is 24.7 Å². The summed E-state index contributed by atoms with van der Waals surface area (Å²) in [6.07, 6.45) is -3.18. The fraction of sp³-hybridized carbons (Fsp3) is 0.600. The topological polar surface area (TPSA) is 171 Å². The van der Waals surface area contributed by atoms with E-state index in [4.69, 9.17) is 14.5 Å². The molecule has 4 atom stereocenters. The maximum atomic E-state index is 14.6. The molecule has 1 fully saturated rings. The monoisotopic (exact) mass is 356 g/mol. The van der Waals surface area contributed by atoms with Crippen molar-refractivity contribution in [2.24, 2.45) is 0 Å². The number of aliphatic hydroxyl groups is 2. The van der Waals surface area contributed by atoms with E-state index in [1.165, 1.54) is 0 Å². The summed E-state index contributed by atoms with van der Waals surface area (Å²) in [6.45, 7) is -0.456. The Morgan fingerprint density at radius 3 is 2.65 bits per heavy atom. The van der Waals surface area contributed by atoms with Gasteiger partial charge in [0.15, 0.2) is 6.23 Å². The van der Waals surface area contributed by atoms with Crippen molar-refractivity contribution in [3.05, 3.63) is 33.1 Å². The highest BCUT2D eigenvalue weighted by atomic mass is 31.2. The molecular formula is C10H14FN2O9P. The molecule has 11 nitrogen and oxygen atoms in total. The molecule has 13 heteroatoms. The zero-order valence-corrected chi connectivity index (χ0v) is 12.5. The highest BCUT2D eigenvalue weighted by Crippen LogP contribution is 2.47. The first kappa shape index (κ1) is 17.9. The highest BCUT2D eigenvalue weighted by molar-refractivity contribution is 7.46. The van der Waals surface area contributed by atoms with Gasteiger partial charge in [-0.3, -0.25) is 18.9 Å². The number of hydrogen-bond donors (Lipinski definition) is 5. The first-order valence-electron chi connectivity index (χ1n) is 6.15. The van der Waals surface area contributed by atoms with Crippen LogP contribution in [0.1, 0.15) is 13.2 Å². The summed E-state index contributed by atoms with van der Waals surface area (Å²) in [6, 6.07) is 0.900. The third-order valence-corrected chi connectivity index (χ3v) is 3.77.